The largest absolute Gasteiger partial charge is 0.497 e. The van der Waals surface area contributed by atoms with E-state index in [2.05, 4.69) is 20.5 Å². The van der Waals surface area contributed by atoms with Gasteiger partial charge >= 0.3 is 0 Å². The van der Waals surface area contributed by atoms with Gasteiger partial charge in [-0.15, -0.1) is 10.2 Å². The molecule has 100 valence electrons. The molecule has 0 fully saturated rings. The number of aromatic nitrogens is 3. The number of nitrogens with zero attached hydrogens (tertiary/aromatic N) is 3. The topological polar surface area (TPSA) is 59.9 Å². The first-order valence-corrected chi connectivity index (χ1v) is 6.31. The second-order valence-electron chi connectivity index (χ2n) is 4.33. The van der Waals surface area contributed by atoms with Crippen LogP contribution < -0.4 is 10.1 Å². The summed E-state index contributed by atoms with van der Waals surface area (Å²) < 4.78 is 5.19. The molecule has 0 aliphatic rings. The van der Waals surface area contributed by atoms with Crippen molar-refractivity contribution in [1.29, 1.82) is 0 Å². The summed E-state index contributed by atoms with van der Waals surface area (Å²) in [6.07, 6.45) is 0. The van der Waals surface area contributed by atoms with Crippen LogP contribution in [-0.2, 0) is 6.54 Å². The maximum absolute atomic E-state index is 5.19. The van der Waals surface area contributed by atoms with Gasteiger partial charge in [0.2, 0.25) is 5.95 Å². The van der Waals surface area contributed by atoms with Crippen molar-refractivity contribution in [1.82, 2.24) is 15.2 Å². The van der Waals surface area contributed by atoms with E-state index >= 15 is 0 Å². The van der Waals surface area contributed by atoms with Gasteiger partial charge in [-0.05, 0) is 29.8 Å². The normalized spacial score (nSPS) is 10.4. The van der Waals surface area contributed by atoms with Gasteiger partial charge in [-0.1, -0.05) is 24.3 Å². The molecule has 0 amide bonds. The summed E-state index contributed by atoms with van der Waals surface area (Å²) in [5.74, 6) is 1.35. The van der Waals surface area contributed by atoms with E-state index in [4.69, 9.17) is 4.74 Å². The third-order valence-corrected chi connectivity index (χ3v) is 2.95. The van der Waals surface area contributed by atoms with Crippen LogP contribution in [0.25, 0.3) is 11.0 Å². The molecule has 0 saturated carbocycles. The maximum atomic E-state index is 5.19. The van der Waals surface area contributed by atoms with Crippen molar-refractivity contribution in [2.75, 3.05) is 12.4 Å². The second-order valence-corrected chi connectivity index (χ2v) is 4.33. The third-order valence-electron chi connectivity index (χ3n) is 2.95. The lowest BCUT2D eigenvalue weighted by atomic mass is 10.2. The van der Waals surface area contributed by atoms with Crippen LogP contribution in [-0.4, -0.2) is 22.3 Å². The quantitative estimate of drug-likeness (QED) is 0.786. The SMILES string of the molecule is COc1cccc(CNc2nnc3ccccc3n2)c1. The smallest absolute Gasteiger partial charge is 0.243 e. The Balaban J connectivity index is 1.76. The molecule has 0 radical (unpaired) electrons. The minimum atomic E-state index is 0.520. The van der Waals surface area contributed by atoms with Crippen molar-refractivity contribution in [3.63, 3.8) is 0 Å². The van der Waals surface area contributed by atoms with Gasteiger partial charge in [-0.2, -0.15) is 0 Å². The highest BCUT2D eigenvalue weighted by Gasteiger charge is 2.01. The minimum absolute atomic E-state index is 0.520. The monoisotopic (exact) mass is 266 g/mol. The number of ether oxygens (including phenoxy) is 1. The zero-order valence-corrected chi connectivity index (χ0v) is 11.1. The Morgan fingerprint density at radius 2 is 1.85 bits per heavy atom. The predicted octanol–water partition coefficient (Wildman–Crippen LogP) is 2.65. The van der Waals surface area contributed by atoms with Gasteiger partial charge in [0.15, 0.2) is 0 Å². The molecule has 0 aliphatic carbocycles. The fourth-order valence-corrected chi connectivity index (χ4v) is 1.92. The number of rotatable bonds is 4. The number of methoxy groups -OCH3 is 1. The summed E-state index contributed by atoms with van der Waals surface area (Å²) in [7, 11) is 1.66. The van der Waals surface area contributed by atoms with E-state index in [0.717, 1.165) is 22.3 Å². The van der Waals surface area contributed by atoms with Crippen molar-refractivity contribution < 1.29 is 4.74 Å². The zero-order chi connectivity index (χ0) is 13.8. The molecule has 1 N–H and O–H groups in total. The average molecular weight is 266 g/mol. The molecule has 0 saturated heterocycles. The van der Waals surface area contributed by atoms with Gasteiger partial charge in [-0.3, -0.25) is 0 Å². The van der Waals surface area contributed by atoms with Crippen LogP contribution in [0, 0.1) is 0 Å². The number of benzene rings is 2. The van der Waals surface area contributed by atoms with Crippen LogP contribution in [0.2, 0.25) is 0 Å². The molecule has 3 rings (SSSR count). The van der Waals surface area contributed by atoms with E-state index in [0.29, 0.717) is 12.5 Å². The first-order valence-electron chi connectivity index (χ1n) is 6.31. The number of para-hydroxylation sites is 1. The van der Waals surface area contributed by atoms with E-state index < -0.39 is 0 Å². The van der Waals surface area contributed by atoms with E-state index in [9.17, 15) is 0 Å². The molecule has 0 unspecified atom stereocenters. The van der Waals surface area contributed by atoms with Crippen LogP contribution >= 0.6 is 0 Å². The van der Waals surface area contributed by atoms with Gasteiger partial charge in [0, 0.05) is 6.54 Å². The zero-order valence-electron chi connectivity index (χ0n) is 11.1. The van der Waals surface area contributed by atoms with Gasteiger partial charge in [0.05, 0.1) is 12.6 Å². The molecule has 0 atom stereocenters. The Morgan fingerprint density at radius 3 is 2.70 bits per heavy atom. The average Bonchev–Trinajstić information content (AvgIpc) is 2.53. The summed E-state index contributed by atoms with van der Waals surface area (Å²) >= 11 is 0. The molecule has 20 heavy (non-hydrogen) atoms. The first kappa shape index (κ1) is 12.3. The number of anilines is 1. The molecule has 2 aromatic carbocycles. The number of fused-ring (bicyclic) bond motifs is 1. The Hall–Kier alpha value is -2.69. The standard InChI is InChI=1S/C15H14N4O/c1-20-12-6-4-5-11(9-12)10-16-15-17-13-7-2-3-8-14(13)18-19-15/h2-9H,10H2,1H3,(H,16,17,19). The molecule has 0 spiro atoms. The highest BCUT2D eigenvalue weighted by molar-refractivity contribution is 5.74. The molecule has 1 heterocycles. The van der Waals surface area contributed by atoms with E-state index in [-0.39, 0.29) is 0 Å². The van der Waals surface area contributed by atoms with Crippen LogP contribution in [0.3, 0.4) is 0 Å². The molecule has 1 aromatic heterocycles. The molecular formula is C15H14N4O. The van der Waals surface area contributed by atoms with Crippen LogP contribution in [0.4, 0.5) is 5.95 Å². The lowest BCUT2D eigenvalue weighted by molar-refractivity contribution is 0.414. The van der Waals surface area contributed by atoms with Crippen LogP contribution in [0.15, 0.2) is 48.5 Å². The molecule has 5 heteroatoms. The summed E-state index contributed by atoms with van der Waals surface area (Å²) in [6.45, 7) is 0.622. The highest BCUT2D eigenvalue weighted by atomic mass is 16.5. The number of nitrogens with one attached hydrogen (secondary N) is 1. The molecular weight excluding hydrogens is 252 g/mol. The summed E-state index contributed by atoms with van der Waals surface area (Å²) in [4.78, 5) is 4.42. The first-order chi connectivity index (χ1) is 9.85. The van der Waals surface area contributed by atoms with E-state index in [1.54, 1.807) is 7.11 Å². The van der Waals surface area contributed by atoms with Crippen LogP contribution in [0.5, 0.6) is 5.75 Å². The molecule has 0 aliphatic heterocycles. The second kappa shape index (κ2) is 5.52. The lowest BCUT2D eigenvalue weighted by Gasteiger charge is -2.06. The summed E-state index contributed by atoms with van der Waals surface area (Å²) in [5, 5.41) is 11.4. The number of hydrogen-bond acceptors (Lipinski definition) is 5. The highest BCUT2D eigenvalue weighted by Crippen LogP contribution is 2.14. The Morgan fingerprint density at radius 1 is 1.00 bits per heavy atom. The van der Waals surface area contributed by atoms with Gasteiger partial charge in [0.25, 0.3) is 0 Å². The molecule has 0 bridgehead atoms. The van der Waals surface area contributed by atoms with Gasteiger partial charge in [0.1, 0.15) is 11.3 Å². The Bertz CT molecular complexity index is 730. The fraction of sp³-hybridized carbons (Fsp3) is 0.133. The maximum Gasteiger partial charge on any atom is 0.243 e. The summed E-state index contributed by atoms with van der Waals surface area (Å²) in [6, 6.07) is 15.5. The van der Waals surface area contributed by atoms with Crippen molar-refractivity contribution >= 4 is 17.0 Å². The lowest BCUT2D eigenvalue weighted by Crippen LogP contribution is -2.05. The minimum Gasteiger partial charge on any atom is -0.497 e. The predicted molar refractivity (Wildman–Crippen MR) is 77.7 cm³/mol. The van der Waals surface area contributed by atoms with E-state index in [1.807, 2.05) is 48.5 Å². The van der Waals surface area contributed by atoms with Crippen molar-refractivity contribution in [3.8, 4) is 5.75 Å². The Labute approximate surface area is 116 Å². The Kier molecular flexibility index (Phi) is 3.41. The summed E-state index contributed by atoms with van der Waals surface area (Å²) in [5.41, 5.74) is 2.72. The molecule has 3 aromatic rings. The van der Waals surface area contributed by atoms with Crippen molar-refractivity contribution in [3.05, 3.63) is 54.1 Å². The van der Waals surface area contributed by atoms with Crippen molar-refractivity contribution in [2.45, 2.75) is 6.54 Å². The number of hydrogen-bond donors (Lipinski definition) is 1. The van der Waals surface area contributed by atoms with Crippen molar-refractivity contribution in [2.24, 2.45) is 0 Å². The third kappa shape index (κ3) is 2.66. The van der Waals surface area contributed by atoms with Gasteiger partial charge in [-0.25, -0.2) is 4.98 Å². The van der Waals surface area contributed by atoms with Gasteiger partial charge < -0.3 is 10.1 Å². The molecule has 5 nitrogen and oxygen atoms in total. The van der Waals surface area contributed by atoms with Crippen LogP contribution in [0.1, 0.15) is 5.56 Å². The fourth-order valence-electron chi connectivity index (χ4n) is 1.92. The van der Waals surface area contributed by atoms with E-state index in [1.165, 1.54) is 0 Å².